The minimum absolute atomic E-state index is 0.00693. The van der Waals surface area contributed by atoms with Gasteiger partial charge in [0, 0.05) is 42.2 Å². The van der Waals surface area contributed by atoms with E-state index in [4.69, 9.17) is 15.5 Å². The number of likely N-dealkylation sites (tertiary alicyclic amines) is 1. The summed E-state index contributed by atoms with van der Waals surface area (Å²) >= 11 is 0. The Morgan fingerprint density at radius 2 is 1.85 bits per heavy atom. The summed E-state index contributed by atoms with van der Waals surface area (Å²) in [5.74, 6) is -0.522. The highest BCUT2D eigenvalue weighted by Crippen LogP contribution is 2.42. The summed E-state index contributed by atoms with van der Waals surface area (Å²) in [5, 5.41) is 3.98. The van der Waals surface area contributed by atoms with Crippen LogP contribution in [-0.2, 0) is 6.18 Å². The van der Waals surface area contributed by atoms with Gasteiger partial charge in [0.15, 0.2) is 5.82 Å². The van der Waals surface area contributed by atoms with Crippen LogP contribution in [0.15, 0.2) is 18.2 Å². The summed E-state index contributed by atoms with van der Waals surface area (Å²) in [6.45, 7) is 3.96. The standard InChI is InChI=1S/C27H31F4N7O/c1-14-10-20(32)34-23(21(14)27(29,30)31)18-7-8-19-24(22(18)28)35-26(39-13-17-4-3-9-37(17)2)36-25(19)38-11-15-5-6-16(12-38)33-15/h7-8,10,15-17,33H,3-6,9,11-13H2,1-2H3,(H2,32,34)/t15?,16?,17-/m0/s1. The number of nitrogens with one attached hydrogen (secondary N) is 1. The molecule has 8 nitrogen and oxygen atoms in total. The molecule has 6 rings (SSSR count). The van der Waals surface area contributed by atoms with Gasteiger partial charge in [-0.1, -0.05) is 0 Å². The number of rotatable bonds is 5. The SMILES string of the molecule is Cc1cc(N)nc(-c2ccc3c(N4CC5CCC(C4)N5)nc(OC[C@@H]4CCCN4C)nc3c2F)c1C(F)(F)F. The molecule has 0 aliphatic carbocycles. The van der Waals surface area contributed by atoms with E-state index < -0.39 is 23.3 Å². The maximum atomic E-state index is 16.2. The van der Waals surface area contributed by atoms with Crippen molar-refractivity contribution in [2.75, 3.05) is 43.9 Å². The number of alkyl halides is 3. The number of halogens is 4. The number of hydrogen-bond donors (Lipinski definition) is 2. The van der Waals surface area contributed by atoms with Gasteiger partial charge >= 0.3 is 12.2 Å². The number of ether oxygens (including phenoxy) is 1. The molecule has 3 N–H and O–H groups in total. The first-order valence-corrected chi connectivity index (χ1v) is 13.3. The lowest BCUT2D eigenvalue weighted by Crippen LogP contribution is -2.51. The second-order valence-corrected chi connectivity index (χ2v) is 10.9. The molecular formula is C27H31F4N7O. The average molecular weight is 546 g/mol. The Hall–Kier alpha value is -3.25. The number of likely N-dealkylation sites (N-methyl/N-ethyl adjacent to an activating group) is 1. The number of anilines is 2. The van der Waals surface area contributed by atoms with E-state index in [0.717, 1.165) is 38.3 Å². The molecule has 3 saturated heterocycles. The van der Waals surface area contributed by atoms with E-state index in [-0.39, 0.29) is 34.5 Å². The molecule has 3 aliphatic rings. The highest BCUT2D eigenvalue weighted by atomic mass is 19.4. The first-order chi connectivity index (χ1) is 18.6. The predicted octanol–water partition coefficient (Wildman–Crippen LogP) is 4.15. The first kappa shape index (κ1) is 26.0. The number of aryl methyl sites for hydroxylation is 1. The van der Waals surface area contributed by atoms with E-state index in [0.29, 0.717) is 43.0 Å². The van der Waals surface area contributed by atoms with Crippen molar-refractivity contribution in [3.8, 4) is 17.3 Å². The summed E-state index contributed by atoms with van der Waals surface area (Å²) in [7, 11) is 2.02. The first-order valence-electron chi connectivity index (χ1n) is 13.3. The number of piperazine rings is 1. The van der Waals surface area contributed by atoms with Gasteiger partial charge in [-0.3, -0.25) is 0 Å². The third-order valence-electron chi connectivity index (χ3n) is 8.13. The topological polar surface area (TPSA) is 92.4 Å². The van der Waals surface area contributed by atoms with Gasteiger partial charge in [0.25, 0.3) is 0 Å². The molecule has 3 atom stereocenters. The summed E-state index contributed by atoms with van der Waals surface area (Å²) in [5.41, 5.74) is 3.66. The maximum absolute atomic E-state index is 16.2. The van der Waals surface area contributed by atoms with Gasteiger partial charge < -0.3 is 25.6 Å². The molecule has 1 aromatic carbocycles. The minimum atomic E-state index is -4.75. The van der Waals surface area contributed by atoms with Crippen LogP contribution in [0, 0.1) is 12.7 Å². The van der Waals surface area contributed by atoms with E-state index in [1.165, 1.54) is 13.0 Å². The van der Waals surface area contributed by atoms with E-state index in [9.17, 15) is 13.2 Å². The van der Waals surface area contributed by atoms with E-state index in [1.807, 2.05) is 7.05 Å². The summed E-state index contributed by atoms with van der Waals surface area (Å²) in [4.78, 5) is 17.3. The Kier molecular flexibility index (Phi) is 6.49. The maximum Gasteiger partial charge on any atom is 0.418 e. The van der Waals surface area contributed by atoms with Crippen molar-refractivity contribution in [2.24, 2.45) is 0 Å². The van der Waals surface area contributed by atoms with Gasteiger partial charge in [0.05, 0.1) is 11.3 Å². The second kappa shape index (κ2) is 9.74. The zero-order chi connectivity index (χ0) is 27.5. The lowest BCUT2D eigenvalue weighted by Gasteiger charge is -2.34. The average Bonchev–Trinajstić information content (AvgIpc) is 3.44. The van der Waals surface area contributed by atoms with Gasteiger partial charge in [-0.15, -0.1) is 0 Å². The van der Waals surface area contributed by atoms with Crippen LogP contribution < -0.4 is 20.7 Å². The van der Waals surface area contributed by atoms with Crippen LogP contribution in [0.25, 0.3) is 22.2 Å². The van der Waals surface area contributed by atoms with Crippen molar-refractivity contribution in [2.45, 2.75) is 56.9 Å². The van der Waals surface area contributed by atoms with Crippen LogP contribution in [0.4, 0.5) is 29.2 Å². The predicted molar refractivity (Wildman–Crippen MR) is 140 cm³/mol. The third kappa shape index (κ3) is 4.84. The Balaban J connectivity index is 1.48. The summed E-state index contributed by atoms with van der Waals surface area (Å²) < 4.78 is 64.4. The largest absolute Gasteiger partial charge is 0.462 e. The van der Waals surface area contributed by atoms with E-state index in [1.54, 1.807) is 6.07 Å². The smallest absolute Gasteiger partial charge is 0.418 e. The van der Waals surface area contributed by atoms with Gasteiger partial charge in [0.2, 0.25) is 0 Å². The van der Waals surface area contributed by atoms with Crippen LogP contribution >= 0.6 is 0 Å². The molecule has 3 aliphatic heterocycles. The highest BCUT2D eigenvalue weighted by molar-refractivity contribution is 5.93. The van der Waals surface area contributed by atoms with Crippen LogP contribution in [0.5, 0.6) is 6.01 Å². The molecule has 2 aromatic heterocycles. The van der Waals surface area contributed by atoms with Crippen LogP contribution in [0.1, 0.15) is 36.8 Å². The number of nitrogens with two attached hydrogens (primary N) is 1. The highest BCUT2D eigenvalue weighted by Gasteiger charge is 2.38. The Labute approximate surface area is 223 Å². The van der Waals surface area contributed by atoms with Crippen LogP contribution in [0.2, 0.25) is 0 Å². The normalized spacial score (nSPS) is 23.6. The molecule has 0 spiro atoms. The van der Waals surface area contributed by atoms with Crippen molar-refractivity contribution < 1.29 is 22.3 Å². The van der Waals surface area contributed by atoms with Crippen molar-refractivity contribution in [3.63, 3.8) is 0 Å². The van der Waals surface area contributed by atoms with Crippen molar-refractivity contribution in [1.29, 1.82) is 0 Å². The van der Waals surface area contributed by atoms with Gasteiger partial charge in [-0.2, -0.15) is 23.1 Å². The minimum Gasteiger partial charge on any atom is -0.462 e. The number of nitrogens with zero attached hydrogens (tertiary/aromatic N) is 5. The second-order valence-electron chi connectivity index (χ2n) is 10.9. The Bertz CT molecular complexity index is 1400. The number of nitrogen functional groups attached to an aromatic ring is 1. The van der Waals surface area contributed by atoms with Crippen molar-refractivity contribution in [3.05, 3.63) is 35.1 Å². The van der Waals surface area contributed by atoms with Gasteiger partial charge in [-0.25, -0.2) is 9.37 Å². The lowest BCUT2D eigenvalue weighted by molar-refractivity contribution is -0.137. The summed E-state index contributed by atoms with van der Waals surface area (Å²) in [6, 6.07) is 4.80. The Morgan fingerprint density at radius 1 is 1.10 bits per heavy atom. The van der Waals surface area contributed by atoms with E-state index >= 15 is 4.39 Å². The zero-order valence-corrected chi connectivity index (χ0v) is 21.9. The van der Waals surface area contributed by atoms with Crippen molar-refractivity contribution in [1.82, 2.24) is 25.2 Å². The fraction of sp³-hybridized carbons (Fsp3) is 0.519. The number of fused-ring (bicyclic) bond motifs is 3. The number of aromatic nitrogens is 3. The third-order valence-corrected chi connectivity index (χ3v) is 8.13. The summed E-state index contributed by atoms with van der Waals surface area (Å²) in [6.07, 6.45) is -0.636. The molecule has 208 valence electrons. The number of benzene rings is 1. The molecule has 5 heterocycles. The van der Waals surface area contributed by atoms with Gasteiger partial charge in [0.1, 0.15) is 23.8 Å². The van der Waals surface area contributed by atoms with Gasteiger partial charge in [-0.05, 0) is 70.0 Å². The van der Waals surface area contributed by atoms with Crippen LogP contribution in [0.3, 0.4) is 0 Å². The Morgan fingerprint density at radius 3 is 2.51 bits per heavy atom. The molecule has 2 unspecified atom stereocenters. The molecule has 2 bridgehead atoms. The van der Waals surface area contributed by atoms with Crippen LogP contribution in [-0.4, -0.2) is 71.3 Å². The fourth-order valence-corrected chi connectivity index (χ4v) is 6.20. The molecular weight excluding hydrogens is 514 g/mol. The molecule has 3 fully saturated rings. The molecule has 39 heavy (non-hydrogen) atoms. The molecule has 0 saturated carbocycles. The lowest BCUT2D eigenvalue weighted by atomic mass is 9.99. The van der Waals surface area contributed by atoms with Crippen molar-refractivity contribution >= 4 is 22.5 Å². The fourth-order valence-electron chi connectivity index (χ4n) is 6.20. The monoisotopic (exact) mass is 545 g/mol. The number of hydrogen-bond acceptors (Lipinski definition) is 8. The molecule has 0 amide bonds. The van der Waals surface area contributed by atoms with E-state index in [2.05, 4.69) is 25.1 Å². The quantitative estimate of drug-likeness (QED) is 0.462. The molecule has 0 radical (unpaired) electrons. The molecule has 12 heteroatoms. The number of pyridine rings is 1. The molecule has 3 aromatic rings. The zero-order valence-electron chi connectivity index (χ0n) is 21.9.